The first kappa shape index (κ1) is 44.1. The summed E-state index contributed by atoms with van der Waals surface area (Å²) in [5.74, 6) is -0.795. The van der Waals surface area contributed by atoms with Crippen molar-refractivity contribution in [2.75, 3.05) is 53.5 Å². The molecule has 6 nitrogen and oxygen atoms in total. The van der Waals surface area contributed by atoms with Crippen molar-refractivity contribution in [1.29, 1.82) is 0 Å². The van der Waals surface area contributed by atoms with Crippen molar-refractivity contribution in [2.24, 2.45) is 0 Å². The summed E-state index contributed by atoms with van der Waals surface area (Å²) in [4.78, 5) is 29.7. The van der Waals surface area contributed by atoms with Gasteiger partial charge in [0.25, 0.3) is 0 Å². The van der Waals surface area contributed by atoms with Crippen LogP contribution >= 0.6 is 0 Å². The SMILES string of the molecule is CCCCCCCCCCCCCCN(C)CCOC(=O)c1cccc(C(=O)OCCN(C)CCCCCCCCCCCCCC)c1. The average molecular weight is 673 g/mol. The Bertz CT molecular complexity index is 825. The van der Waals surface area contributed by atoms with Gasteiger partial charge in [-0.25, -0.2) is 9.59 Å². The zero-order valence-electron chi connectivity index (χ0n) is 32.1. The number of nitrogens with zero attached hydrogens (tertiary/aromatic N) is 2. The molecule has 6 heteroatoms. The van der Waals surface area contributed by atoms with Gasteiger partial charge in [-0.1, -0.05) is 161 Å². The van der Waals surface area contributed by atoms with Crippen LogP contribution < -0.4 is 0 Å². The summed E-state index contributed by atoms with van der Waals surface area (Å²) in [5.41, 5.74) is 0.773. The number of hydrogen-bond donors (Lipinski definition) is 0. The van der Waals surface area contributed by atoms with Gasteiger partial charge in [0.15, 0.2) is 0 Å². The van der Waals surface area contributed by atoms with E-state index in [0.717, 1.165) is 13.1 Å². The van der Waals surface area contributed by atoms with Crippen LogP contribution in [-0.2, 0) is 9.47 Å². The first-order valence-electron chi connectivity index (χ1n) is 20.3. The minimum atomic E-state index is -0.398. The molecule has 0 aliphatic heterocycles. The van der Waals surface area contributed by atoms with Gasteiger partial charge < -0.3 is 19.3 Å². The quantitative estimate of drug-likeness (QED) is 0.0536. The minimum Gasteiger partial charge on any atom is -0.461 e. The second-order valence-corrected chi connectivity index (χ2v) is 14.2. The summed E-state index contributed by atoms with van der Waals surface area (Å²) in [5, 5.41) is 0. The summed E-state index contributed by atoms with van der Waals surface area (Å²) >= 11 is 0. The fourth-order valence-electron chi connectivity index (χ4n) is 6.20. The van der Waals surface area contributed by atoms with Crippen LogP contribution in [0, 0.1) is 0 Å². The summed E-state index contributed by atoms with van der Waals surface area (Å²) in [7, 11) is 4.16. The molecule has 278 valence electrons. The van der Waals surface area contributed by atoms with Crippen molar-refractivity contribution in [3.05, 3.63) is 35.4 Å². The maximum Gasteiger partial charge on any atom is 0.338 e. The third kappa shape index (κ3) is 26.0. The molecule has 0 bridgehead atoms. The Morgan fingerprint density at radius 2 is 0.750 bits per heavy atom. The fraction of sp³-hybridized carbons (Fsp3) is 0.810. The molecule has 0 amide bonds. The normalized spacial score (nSPS) is 11.5. The topological polar surface area (TPSA) is 59.1 Å². The van der Waals surface area contributed by atoms with Gasteiger partial charge in [-0.2, -0.15) is 0 Å². The Morgan fingerprint density at radius 1 is 0.458 bits per heavy atom. The number of esters is 2. The number of unbranched alkanes of at least 4 members (excludes halogenated alkanes) is 22. The number of ether oxygens (including phenoxy) is 2. The Balaban J connectivity index is 2.08. The monoisotopic (exact) mass is 673 g/mol. The molecule has 48 heavy (non-hydrogen) atoms. The lowest BCUT2D eigenvalue weighted by Crippen LogP contribution is -2.26. The van der Waals surface area contributed by atoms with Gasteiger partial charge in [0.1, 0.15) is 13.2 Å². The van der Waals surface area contributed by atoms with Crippen molar-refractivity contribution >= 4 is 11.9 Å². The van der Waals surface area contributed by atoms with E-state index in [2.05, 4.69) is 37.7 Å². The largest absolute Gasteiger partial charge is 0.461 e. The molecular formula is C42H76N2O4. The standard InChI is InChI=1S/C42H76N2O4/c1-5-7-9-11-13-15-17-19-21-23-25-27-32-43(3)34-36-47-41(45)39-30-29-31-40(38-39)42(46)48-37-35-44(4)33-28-26-24-22-20-18-16-14-12-10-8-6-2/h29-31,38H,5-28,32-37H2,1-4H3. The van der Waals surface area contributed by atoms with Crippen LogP contribution in [0.2, 0.25) is 0 Å². The Labute approximate surface area is 297 Å². The lowest BCUT2D eigenvalue weighted by atomic mass is 10.1. The number of carbonyl (C=O) groups is 2. The predicted molar refractivity (Wildman–Crippen MR) is 204 cm³/mol. The van der Waals surface area contributed by atoms with Crippen molar-refractivity contribution in [3.8, 4) is 0 Å². The highest BCUT2D eigenvalue weighted by molar-refractivity contribution is 5.95. The molecule has 1 aromatic rings. The maximum absolute atomic E-state index is 12.6. The van der Waals surface area contributed by atoms with Gasteiger partial charge >= 0.3 is 11.9 Å². The first-order valence-corrected chi connectivity index (χ1v) is 20.3. The smallest absolute Gasteiger partial charge is 0.338 e. The number of rotatable bonds is 34. The van der Waals surface area contributed by atoms with E-state index in [0.29, 0.717) is 37.4 Å². The van der Waals surface area contributed by atoms with E-state index in [-0.39, 0.29) is 0 Å². The molecule has 1 aromatic carbocycles. The van der Waals surface area contributed by atoms with Gasteiger partial charge in [0.05, 0.1) is 11.1 Å². The predicted octanol–water partition coefficient (Wildman–Crippen LogP) is 11.3. The van der Waals surface area contributed by atoms with Crippen LogP contribution in [0.5, 0.6) is 0 Å². The van der Waals surface area contributed by atoms with Crippen LogP contribution in [0.15, 0.2) is 24.3 Å². The molecule has 0 saturated carbocycles. The van der Waals surface area contributed by atoms with Gasteiger partial charge in [-0.3, -0.25) is 0 Å². The maximum atomic E-state index is 12.6. The van der Waals surface area contributed by atoms with Crippen LogP contribution in [0.25, 0.3) is 0 Å². The van der Waals surface area contributed by atoms with Crippen molar-refractivity contribution < 1.29 is 19.1 Å². The zero-order valence-corrected chi connectivity index (χ0v) is 32.1. The highest BCUT2D eigenvalue weighted by Gasteiger charge is 2.13. The molecule has 0 heterocycles. The van der Waals surface area contributed by atoms with Crippen LogP contribution in [0.4, 0.5) is 0 Å². The average Bonchev–Trinajstić information content (AvgIpc) is 3.09. The van der Waals surface area contributed by atoms with E-state index in [4.69, 9.17) is 9.47 Å². The molecule has 0 atom stereocenters. The van der Waals surface area contributed by atoms with Crippen molar-refractivity contribution in [2.45, 2.75) is 168 Å². The van der Waals surface area contributed by atoms with Gasteiger partial charge in [0, 0.05) is 13.1 Å². The lowest BCUT2D eigenvalue weighted by Gasteiger charge is -2.17. The molecule has 0 unspecified atom stereocenters. The molecule has 0 aromatic heterocycles. The number of benzene rings is 1. The first-order chi connectivity index (χ1) is 23.5. The molecule has 0 N–H and O–H groups in total. The molecule has 1 rings (SSSR count). The van der Waals surface area contributed by atoms with E-state index in [1.807, 2.05) is 0 Å². The van der Waals surface area contributed by atoms with Crippen molar-refractivity contribution in [3.63, 3.8) is 0 Å². The lowest BCUT2D eigenvalue weighted by molar-refractivity contribution is 0.0471. The molecule has 0 fully saturated rings. The summed E-state index contributed by atoms with van der Waals surface area (Å²) in [6.45, 7) is 8.68. The van der Waals surface area contributed by atoms with Gasteiger partial charge in [-0.05, 0) is 58.2 Å². The fourth-order valence-corrected chi connectivity index (χ4v) is 6.20. The molecule has 0 aliphatic rings. The second kappa shape index (κ2) is 32.3. The van der Waals surface area contributed by atoms with E-state index in [1.54, 1.807) is 24.3 Å². The van der Waals surface area contributed by atoms with Gasteiger partial charge in [-0.15, -0.1) is 0 Å². The third-order valence-electron chi connectivity index (χ3n) is 9.53. The van der Waals surface area contributed by atoms with E-state index in [9.17, 15) is 9.59 Å². The summed E-state index contributed by atoms with van der Waals surface area (Å²) in [6, 6.07) is 6.68. The van der Waals surface area contributed by atoms with E-state index in [1.165, 1.54) is 154 Å². The number of hydrogen-bond acceptors (Lipinski definition) is 6. The minimum absolute atomic E-state index is 0.341. The molecular weight excluding hydrogens is 596 g/mol. The van der Waals surface area contributed by atoms with Crippen LogP contribution in [0.1, 0.15) is 189 Å². The summed E-state index contributed by atoms with van der Waals surface area (Å²) in [6.07, 6.45) is 32.4. The second-order valence-electron chi connectivity index (χ2n) is 14.2. The van der Waals surface area contributed by atoms with E-state index >= 15 is 0 Å². The highest BCUT2D eigenvalue weighted by atomic mass is 16.5. The summed E-state index contributed by atoms with van der Waals surface area (Å²) < 4.78 is 11.0. The van der Waals surface area contributed by atoms with Gasteiger partial charge in [0.2, 0.25) is 0 Å². The molecule has 0 aliphatic carbocycles. The highest BCUT2D eigenvalue weighted by Crippen LogP contribution is 2.14. The van der Waals surface area contributed by atoms with E-state index < -0.39 is 11.9 Å². The zero-order chi connectivity index (χ0) is 34.9. The molecule has 0 radical (unpaired) electrons. The number of likely N-dealkylation sites (N-methyl/N-ethyl adjacent to an activating group) is 2. The molecule has 0 saturated heterocycles. The Morgan fingerprint density at radius 3 is 1.06 bits per heavy atom. The van der Waals surface area contributed by atoms with Crippen LogP contribution in [0.3, 0.4) is 0 Å². The Kier molecular flexibility index (Phi) is 29.7. The molecule has 0 spiro atoms. The van der Waals surface area contributed by atoms with Crippen LogP contribution in [-0.4, -0.2) is 75.2 Å². The van der Waals surface area contributed by atoms with Crippen molar-refractivity contribution in [1.82, 2.24) is 9.80 Å². The number of carbonyl (C=O) groups excluding carboxylic acids is 2. The Hall–Kier alpha value is -1.92. The third-order valence-corrected chi connectivity index (χ3v) is 9.53.